The van der Waals surface area contributed by atoms with Crippen molar-refractivity contribution in [3.05, 3.63) is 46.4 Å². The van der Waals surface area contributed by atoms with Crippen LogP contribution in [-0.4, -0.2) is 16.5 Å². The summed E-state index contributed by atoms with van der Waals surface area (Å²) in [6, 6.07) is 6.93. The molecule has 2 aliphatic rings. The van der Waals surface area contributed by atoms with Crippen LogP contribution in [0.15, 0.2) is 24.3 Å². The first kappa shape index (κ1) is 21.4. The van der Waals surface area contributed by atoms with Crippen molar-refractivity contribution in [2.45, 2.75) is 83.7 Å². The maximum atomic E-state index is 14.8. The molecular formula is C25H32ClFN2O. The molecule has 5 heteroatoms. The lowest BCUT2D eigenvalue weighted by Crippen LogP contribution is -2.36. The highest BCUT2D eigenvalue weighted by molar-refractivity contribution is 6.30. The number of halogens is 2. The Morgan fingerprint density at radius 3 is 2.40 bits per heavy atom. The molecule has 2 aromatic rings. The second-order valence-corrected chi connectivity index (χ2v) is 9.51. The van der Waals surface area contributed by atoms with E-state index in [2.05, 4.69) is 9.88 Å². The second kappa shape index (κ2) is 9.55. The molecule has 3 nitrogen and oxygen atoms in total. The second-order valence-electron chi connectivity index (χ2n) is 9.08. The summed E-state index contributed by atoms with van der Waals surface area (Å²) in [5.41, 5.74) is 2.88. The summed E-state index contributed by atoms with van der Waals surface area (Å²) in [5, 5.41) is 3.61. The van der Waals surface area contributed by atoms with Crippen LogP contribution in [0.25, 0.3) is 11.3 Å². The van der Waals surface area contributed by atoms with Crippen LogP contribution in [0.1, 0.15) is 80.3 Å². The van der Waals surface area contributed by atoms with Gasteiger partial charge in [-0.05, 0) is 62.8 Å². The van der Waals surface area contributed by atoms with Crippen molar-refractivity contribution in [3.8, 4) is 11.3 Å². The number of nitrogens with zero attached hydrogens (tertiary/aromatic N) is 1. The third-order valence-electron chi connectivity index (χ3n) is 6.92. The molecule has 2 saturated carbocycles. The van der Waals surface area contributed by atoms with E-state index >= 15 is 0 Å². The van der Waals surface area contributed by atoms with Crippen molar-refractivity contribution in [2.24, 2.45) is 5.92 Å². The molecule has 4 rings (SSSR count). The number of rotatable bonds is 5. The van der Waals surface area contributed by atoms with Gasteiger partial charge in [0, 0.05) is 28.9 Å². The molecule has 30 heavy (non-hydrogen) atoms. The molecule has 162 valence electrons. The zero-order valence-electron chi connectivity index (χ0n) is 17.9. The van der Waals surface area contributed by atoms with E-state index in [1.54, 1.807) is 12.1 Å². The van der Waals surface area contributed by atoms with Crippen molar-refractivity contribution in [1.82, 2.24) is 9.88 Å². The van der Waals surface area contributed by atoms with E-state index in [1.807, 2.05) is 13.0 Å². The van der Waals surface area contributed by atoms with Gasteiger partial charge in [-0.25, -0.2) is 4.39 Å². The third kappa shape index (κ3) is 4.74. The summed E-state index contributed by atoms with van der Waals surface area (Å²) in [4.78, 5) is 13.1. The van der Waals surface area contributed by atoms with E-state index in [0.717, 1.165) is 30.8 Å². The van der Waals surface area contributed by atoms with Crippen LogP contribution in [0, 0.1) is 18.7 Å². The van der Waals surface area contributed by atoms with Gasteiger partial charge >= 0.3 is 0 Å². The van der Waals surface area contributed by atoms with Gasteiger partial charge in [0.1, 0.15) is 5.82 Å². The van der Waals surface area contributed by atoms with Crippen LogP contribution in [0.3, 0.4) is 0 Å². The minimum Gasteiger partial charge on any atom is -0.349 e. The molecule has 0 unspecified atom stereocenters. The Bertz CT molecular complexity index is 895. The normalized spacial score (nSPS) is 18.5. The first-order valence-corrected chi connectivity index (χ1v) is 11.9. The van der Waals surface area contributed by atoms with Gasteiger partial charge in [-0.1, -0.05) is 50.1 Å². The largest absolute Gasteiger partial charge is 0.349 e. The van der Waals surface area contributed by atoms with Crippen LogP contribution in [0.4, 0.5) is 4.39 Å². The van der Waals surface area contributed by atoms with Gasteiger partial charge in [-0.3, -0.25) is 4.79 Å². The number of hydrogen-bond acceptors (Lipinski definition) is 1. The number of carbonyl (C=O) groups is 1. The summed E-state index contributed by atoms with van der Waals surface area (Å²) < 4.78 is 17.0. The summed E-state index contributed by atoms with van der Waals surface area (Å²) in [6.45, 7) is 2.83. The molecule has 1 aromatic carbocycles. The molecule has 0 bridgehead atoms. The Morgan fingerprint density at radius 2 is 1.73 bits per heavy atom. The molecule has 0 saturated heterocycles. The van der Waals surface area contributed by atoms with E-state index in [0.29, 0.717) is 22.1 Å². The average Bonchev–Trinajstić information content (AvgIpc) is 3.06. The standard InChI is InChI=1S/C25H32ClFN2O/c1-17-22(25(30)28-20-10-6-3-7-11-20)15-24(21-13-12-19(26)14-23(21)27)29(17)16-18-8-4-2-5-9-18/h12-15,18,20H,2-11,16H2,1H3,(H,28,30). The number of carbonyl (C=O) groups excluding carboxylic acids is 1. The fraction of sp³-hybridized carbons (Fsp3) is 0.560. The molecule has 0 radical (unpaired) electrons. The summed E-state index contributed by atoms with van der Waals surface area (Å²) in [6.07, 6.45) is 11.9. The smallest absolute Gasteiger partial charge is 0.253 e. The summed E-state index contributed by atoms with van der Waals surface area (Å²) in [5.74, 6) is 0.203. The minimum atomic E-state index is -0.343. The highest BCUT2D eigenvalue weighted by Crippen LogP contribution is 2.33. The van der Waals surface area contributed by atoms with Crippen LogP contribution >= 0.6 is 11.6 Å². The fourth-order valence-corrected chi connectivity index (χ4v) is 5.33. The first-order valence-electron chi connectivity index (χ1n) is 11.5. The van der Waals surface area contributed by atoms with Gasteiger partial charge in [-0.15, -0.1) is 0 Å². The zero-order valence-corrected chi connectivity index (χ0v) is 18.6. The topological polar surface area (TPSA) is 34.0 Å². The van der Waals surface area contributed by atoms with Crippen molar-refractivity contribution in [3.63, 3.8) is 0 Å². The Kier molecular flexibility index (Phi) is 6.82. The highest BCUT2D eigenvalue weighted by Gasteiger charge is 2.25. The average molecular weight is 431 g/mol. The third-order valence-corrected chi connectivity index (χ3v) is 7.16. The van der Waals surface area contributed by atoms with Crippen LogP contribution in [-0.2, 0) is 6.54 Å². The van der Waals surface area contributed by atoms with Gasteiger partial charge in [-0.2, -0.15) is 0 Å². The van der Waals surface area contributed by atoms with E-state index in [1.165, 1.54) is 57.4 Å². The molecule has 0 aliphatic heterocycles. The molecule has 0 spiro atoms. The van der Waals surface area contributed by atoms with E-state index in [9.17, 15) is 9.18 Å². The molecule has 2 aliphatic carbocycles. The molecule has 2 fully saturated rings. The quantitative estimate of drug-likeness (QED) is 0.550. The van der Waals surface area contributed by atoms with Gasteiger partial charge in [0.25, 0.3) is 5.91 Å². The number of amides is 1. The minimum absolute atomic E-state index is 0.0302. The molecule has 1 aromatic heterocycles. The van der Waals surface area contributed by atoms with Gasteiger partial charge in [0.15, 0.2) is 0 Å². The number of nitrogens with one attached hydrogen (secondary N) is 1. The number of hydrogen-bond donors (Lipinski definition) is 1. The number of aromatic nitrogens is 1. The Balaban J connectivity index is 1.67. The predicted octanol–water partition coefficient (Wildman–Crippen LogP) is 6.90. The molecule has 0 atom stereocenters. The highest BCUT2D eigenvalue weighted by atomic mass is 35.5. The zero-order chi connectivity index (χ0) is 21.1. The van der Waals surface area contributed by atoms with Gasteiger partial charge in [0.05, 0.1) is 11.3 Å². The maximum Gasteiger partial charge on any atom is 0.253 e. The first-order chi connectivity index (χ1) is 14.5. The Labute approximate surface area is 184 Å². The van der Waals surface area contributed by atoms with E-state index < -0.39 is 0 Å². The summed E-state index contributed by atoms with van der Waals surface area (Å²) in [7, 11) is 0. The molecule has 1 heterocycles. The fourth-order valence-electron chi connectivity index (χ4n) is 5.17. The van der Waals surface area contributed by atoms with E-state index in [4.69, 9.17) is 11.6 Å². The van der Waals surface area contributed by atoms with Crippen molar-refractivity contribution in [2.75, 3.05) is 0 Å². The Hall–Kier alpha value is -1.81. The lowest BCUT2D eigenvalue weighted by molar-refractivity contribution is 0.0927. The van der Waals surface area contributed by atoms with Crippen LogP contribution in [0.5, 0.6) is 0 Å². The van der Waals surface area contributed by atoms with Crippen LogP contribution < -0.4 is 5.32 Å². The van der Waals surface area contributed by atoms with Crippen molar-refractivity contribution < 1.29 is 9.18 Å². The lowest BCUT2D eigenvalue weighted by Gasteiger charge is -2.24. The molecule has 1 amide bonds. The maximum absolute atomic E-state index is 14.8. The molecule has 1 N–H and O–H groups in total. The lowest BCUT2D eigenvalue weighted by atomic mass is 9.89. The van der Waals surface area contributed by atoms with E-state index in [-0.39, 0.29) is 17.8 Å². The number of benzene rings is 1. The Morgan fingerprint density at radius 1 is 1.07 bits per heavy atom. The monoisotopic (exact) mass is 430 g/mol. The summed E-state index contributed by atoms with van der Waals surface area (Å²) >= 11 is 5.98. The van der Waals surface area contributed by atoms with Gasteiger partial charge in [0.2, 0.25) is 0 Å². The van der Waals surface area contributed by atoms with Crippen molar-refractivity contribution in [1.29, 1.82) is 0 Å². The van der Waals surface area contributed by atoms with Gasteiger partial charge < -0.3 is 9.88 Å². The predicted molar refractivity (Wildman–Crippen MR) is 120 cm³/mol. The molecular weight excluding hydrogens is 399 g/mol. The van der Waals surface area contributed by atoms with Crippen LogP contribution in [0.2, 0.25) is 5.02 Å². The SMILES string of the molecule is Cc1c(C(=O)NC2CCCCC2)cc(-c2ccc(Cl)cc2F)n1CC1CCCCC1. The van der Waals surface area contributed by atoms with Crippen molar-refractivity contribution >= 4 is 17.5 Å².